The van der Waals surface area contributed by atoms with Crippen molar-refractivity contribution in [2.75, 3.05) is 27.2 Å². The maximum Gasteiger partial charge on any atom is 0.261 e. The highest BCUT2D eigenvalue weighted by Crippen LogP contribution is 2.07. The first kappa shape index (κ1) is 22.4. The zero-order chi connectivity index (χ0) is 18.1. The molecule has 1 aromatic heterocycles. The third-order valence-electron chi connectivity index (χ3n) is 3.57. The van der Waals surface area contributed by atoms with Crippen LogP contribution in [0.15, 0.2) is 46.8 Å². The molecule has 1 heterocycles. The summed E-state index contributed by atoms with van der Waals surface area (Å²) in [6, 6.07) is 10.1. The Morgan fingerprint density at radius 3 is 2.50 bits per heavy atom. The van der Waals surface area contributed by atoms with Gasteiger partial charge in [-0.15, -0.1) is 35.3 Å². The lowest BCUT2D eigenvalue weighted by Gasteiger charge is -2.22. The largest absolute Gasteiger partial charge is 0.356 e. The molecule has 5 nitrogen and oxygen atoms in total. The van der Waals surface area contributed by atoms with E-state index in [1.807, 2.05) is 29.5 Å². The maximum absolute atomic E-state index is 13.0. The molecule has 0 atom stereocenters. The molecule has 0 aliphatic heterocycles. The van der Waals surface area contributed by atoms with E-state index in [-0.39, 0.29) is 35.7 Å². The molecular weight excluding hydrogens is 466 g/mol. The molecule has 2 aromatic rings. The average Bonchev–Trinajstić information content (AvgIpc) is 3.14. The van der Waals surface area contributed by atoms with Crippen LogP contribution in [0.3, 0.4) is 0 Å². The molecule has 0 fully saturated rings. The van der Waals surface area contributed by atoms with E-state index in [9.17, 15) is 9.18 Å². The standard InChI is InChI=1S/C18H23FN4OS.HI/c1-20-18(23(2)13-14-6-8-15(19)9-7-14)22-11-4-10-21-17(24)16-5-3-12-25-16;/h3,5-9,12H,4,10-11,13H2,1-2H3,(H,20,22)(H,21,24);1H. The Labute approximate surface area is 174 Å². The molecule has 0 bridgehead atoms. The minimum Gasteiger partial charge on any atom is -0.356 e. The summed E-state index contributed by atoms with van der Waals surface area (Å²) < 4.78 is 13.0. The molecule has 0 saturated heterocycles. The second-order valence-corrected chi connectivity index (χ2v) is 6.49. The molecule has 2 N–H and O–H groups in total. The SMILES string of the molecule is CN=C(NCCCNC(=O)c1cccs1)N(C)Cc1ccc(F)cc1.I. The van der Waals surface area contributed by atoms with Crippen molar-refractivity contribution in [3.8, 4) is 0 Å². The van der Waals surface area contributed by atoms with Crippen molar-refractivity contribution in [3.63, 3.8) is 0 Å². The number of amides is 1. The summed E-state index contributed by atoms with van der Waals surface area (Å²) in [7, 11) is 3.65. The normalized spacial score (nSPS) is 10.8. The third-order valence-corrected chi connectivity index (χ3v) is 4.44. The number of hydrogen-bond donors (Lipinski definition) is 2. The molecule has 1 amide bonds. The van der Waals surface area contributed by atoms with E-state index in [1.165, 1.54) is 23.5 Å². The van der Waals surface area contributed by atoms with Gasteiger partial charge in [0.2, 0.25) is 0 Å². The van der Waals surface area contributed by atoms with Crippen LogP contribution in [0, 0.1) is 5.82 Å². The van der Waals surface area contributed by atoms with Gasteiger partial charge in [0.25, 0.3) is 5.91 Å². The number of thiophene rings is 1. The highest BCUT2D eigenvalue weighted by atomic mass is 127. The lowest BCUT2D eigenvalue weighted by molar-refractivity contribution is 0.0957. The van der Waals surface area contributed by atoms with Gasteiger partial charge in [0.1, 0.15) is 5.82 Å². The third kappa shape index (κ3) is 7.28. The van der Waals surface area contributed by atoms with Gasteiger partial charge in [-0.3, -0.25) is 9.79 Å². The monoisotopic (exact) mass is 490 g/mol. The van der Waals surface area contributed by atoms with Gasteiger partial charge >= 0.3 is 0 Å². The second kappa shape index (κ2) is 11.8. The summed E-state index contributed by atoms with van der Waals surface area (Å²) in [6.45, 7) is 1.93. The second-order valence-electron chi connectivity index (χ2n) is 5.54. The van der Waals surface area contributed by atoms with Crippen LogP contribution in [0.5, 0.6) is 0 Å². The summed E-state index contributed by atoms with van der Waals surface area (Å²) in [6.07, 6.45) is 0.792. The molecule has 2 rings (SSSR count). The van der Waals surface area contributed by atoms with Crippen molar-refractivity contribution in [2.24, 2.45) is 4.99 Å². The molecule has 142 valence electrons. The van der Waals surface area contributed by atoms with Gasteiger partial charge in [0, 0.05) is 33.7 Å². The highest BCUT2D eigenvalue weighted by molar-refractivity contribution is 14.0. The quantitative estimate of drug-likeness (QED) is 0.271. The summed E-state index contributed by atoms with van der Waals surface area (Å²) in [5.74, 6) is 0.486. The summed E-state index contributed by atoms with van der Waals surface area (Å²) in [5.41, 5.74) is 1.01. The van der Waals surface area contributed by atoms with Crippen molar-refractivity contribution in [3.05, 3.63) is 58.0 Å². The van der Waals surface area contributed by atoms with Crippen LogP contribution in [0.1, 0.15) is 21.7 Å². The summed E-state index contributed by atoms with van der Waals surface area (Å²) in [5, 5.41) is 8.04. The van der Waals surface area contributed by atoms with Gasteiger partial charge in [0.05, 0.1) is 4.88 Å². The van der Waals surface area contributed by atoms with Crippen LogP contribution in [0.2, 0.25) is 0 Å². The van der Waals surface area contributed by atoms with Gasteiger partial charge in [-0.2, -0.15) is 0 Å². The van der Waals surface area contributed by atoms with Gasteiger partial charge in [-0.25, -0.2) is 4.39 Å². The molecule has 0 spiro atoms. The first-order valence-electron chi connectivity index (χ1n) is 8.08. The number of benzene rings is 1. The molecular formula is C18H24FIN4OS. The smallest absolute Gasteiger partial charge is 0.261 e. The van der Waals surface area contributed by atoms with E-state index in [0.29, 0.717) is 19.6 Å². The lowest BCUT2D eigenvalue weighted by atomic mass is 10.2. The highest BCUT2D eigenvalue weighted by Gasteiger charge is 2.07. The van der Waals surface area contributed by atoms with E-state index in [0.717, 1.165) is 22.8 Å². The van der Waals surface area contributed by atoms with Crippen molar-refractivity contribution >= 4 is 47.2 Å². The lowest BCUT2D eigenvalue weighted by Crippen LogP contribution is -2.39. The number of rotatable bonds is 7. The van der Waals surface area contributed by atoms with Gasteiger partial charge in [-0.05, 0) is 35.6 Å². The number of halogens is 2. The molecule has 0 aliphatic carbocycles. The maximum atomic E-state index is 13.0. The Kier molecular flexibility index (Phi) is 10.2. The van der Waals surface area contributed by atoms with Crippen LogP contribution in [0.4, 0.5) is 4.39 Å². The average molecular weight is 490 g/mol. The zero-order valence-electron chi connectivity index (χ0n) is 14.9. The molecule has 26 heavy (non-hydrogen) atoms. The number of guanidine groups is 1. The van der Waals surface area contributed by atoms with E-state index in [2.05, 4.69) is 15.6 Å². The molecule has 8 heteroatoms. The minimum atomic E-state index is -0.237. The number of nitrogens with one attached hydrogen (secondary N) is 2. The van der Waals surface area contributed by atoms with Crippen molar-refractivity contribution in [2.45, 2.75) is 13.0 Å². The minimum absolute atomic E-state index is 0. The Morgan fingerprint density at radius 1 is 1.19 bits per heavy atom. The first-order chi connectivity index (χ1) is 12.1. The number of nitrogens with zero attached hydrogens (tertiary/aromatic N) is 2. The molecule has 0 unspecified atom stereocenters. The fraction of sp³-hybridized carbons (Fsp3) is 0.333. The van der Waals surface area contributed by atoms with Crippen LogP contribution < -0.4 is 10.6 Å². The first-order valence-corrected chi connectivity index (χ1v) is 8.96. The van der Waals surface area contributed by atoms with Crippen molar-refractivity contribution in [1.29, 1.82) is 0 Å². The van der Waals surface area contributed by atoms with E-state index in [4.69, 9.17) is 0 Å². The van der Waals surface area contributed by atoms with Gasteiger partial charge in [0.15, 0.2) is 5.96 Å². The number of hydrogen-bond acceptors (Lipinski definition) is 3. The van der Waals surface area contributed by atoms with Crippen LogP contribution >= 0.6 is 35.3 Å². The number of carbonyl (C=O) groups is 1. The fourth-order valence-corrected chi connectivity index (χ4v) is 2.95. The molecule has 0 saturated carbocycles. The van der Waals surface area contributed by atoms with Crippen LogP contribution in [0.25, 0.3) is 0 Å². The Bertz CT molecular complexity index is 692. The zero-order valence-corrected chi connectivity index (χ0v) is 18.0. The van der Waals surface area contributed by atoms with Crippen molar-refractivity contribution in [1.82, 2.24) is 15.5 Å². The Balaban J connectivity index is 0.00000338. The molecule has 1 aromatic carbocycles. The van der Waals surface area contributed by atoms with E-state index >= 15 is 0 Å². The summed E-state index contributed by atoms with van der Waals surface area (Å²) >= 11 is 1.43. The summed E-state index contributed by atoms with van der Waals surface area (Å²) in [4.78, 5) is 18.8. The predicted molar refractivity (Wildman–Crippen MR) is 116 cm³/mol. The van der Waals surface area contributed by atoms with Crippen LogP contribution in [-0.4, -0.2) is 44.0 Å². The van der Waals surface area contributed by atoms with Crippen LogP contribution in [-0.2, 0) is 6.54 Å². The van der Waals surface area contributed by atoms with Gasteiger partial charge in [-0.1, -0.05) is 18.2 Å². The number of aliphatic imine (C=N–C) groups is 1. The van der Waals surface area contributed by atoms with Crippen molar-refractivity contribution < 1.29 is 9.18 Å². The molecule has 0 aliphatic rings. The van der Waals surface area contributed by atoms with Gasteiger partial charge < -0.3 is 15.5 Å². The topological polar surface area (TPSA) is 56.7 Å². The van der Waals surface area contributed by atoms with E-state index < -0.39 is 0 Å². The predicted octanol–water partition coefficient (Wildman–Crippen LogP) is 3.33. The Morgan fingerprint density at radius 2 is 1.88 bits per heavy atom. The Hall–Kier alpha value is -1.68. The molecule has 0 radical (unpaired) electrons. The number of carbonyl (C=O) groups excluding carboxylic acids is 1. The fourth-order valence-electron chi connectivity index (χ4n) is 2.31. The van der Waals surface area contributed by atoms with E-state index in [1.54, 1.807) is 19.2 Å².